The highest BCUT2D eigenvalue weighted by atomic mass is 79.9. The third kappa shape index (κ3) is 2.69. The molecule has 0 aliphatic carbocycles. The van der Waals surface area contributed by atoms with Gasteiger partial charge in [-0.25, -0.2) is 4.79 Å². The fourth-order valence-electron chi connectivity index (χ4n) is 2.71. The van der Waals surface area contributed by atoms with Gasteiger partial charge in [0, 0.05) is 11.9 Å². The lowest BCUT2D eigenvalue weighted by molar-refractivity contribution is -0.137. The Morgan fingerprint density at radius 3 is 3.08 bits per heavy atom. The molecule has 0 fully saturated rings. The van der Waals surface area contributed by atoms with Crippen molar-refractivity contribution in [1.82, 2.24) is 4.90 Å². The van der Waals surface area contributed by atoms with Crippen molar-refractivity contribution in [1.29, 1.82) is 0 Å². The zero-order chi connectivity index (χ0) is 16.0. The number of aliphatic imine (C=N–C) groups is 1. The summed E-state index contributed by atoms with van der Waals surface area (Å²) in [5.74, 6) is 0.384. The first-order chi connectivity index (χ1) is 11.2. The van der Waals surface area contributed by atoms with Crippen LogP contribution in [0.3, 0.4) is 0 Å². The molecule has 0 amide bonds. The van der Waals surface area contributed by atoms with Crippen molar-refractivity contribution in [3.8, 4) is 5.75 Å². The Kier molecular flexibility index (Phi) is 4.60. The molecule has 0 radical (unpaired) electrons. The van der Waals surface area contributed by atoms with Crippen LogP contribution in [0.2, 0.25) is 0 Å². The molecule has 1 N–H and O–H groups in total. The SMILES string of the molecule is Br.CCOC(=O)C1=C(c2cc3cc(O)ccc3o2)N2CCN=C2S1. The van der Waals surface area contributed by atoms with Crippen LogP contribution in [-0.4, -0.2) is 40.8 Å². The zero-order valence-electron chi connectivity index (χ0n) is 12.8. The van der Waals surface area contributed by atoms with Crippen molar-refractivity contribution in [2.45, 2.75) is 6.92 Å². The zero-order valence-corrected chi connectivity index (χ0v) is 15.3. The molecular formula is C16H15BrN2O4S. The minimum atomic E-state index is -0.368. The van der Waals surface area contributed by atoms with E-state index in [1.165, 1.54) is 11.8 Å². The van der Waals surface area contributed by atoms with Crippen molar-refractivity contribution in [2.24, 2.45) is 4.99 Å². The Morgan fingerprint density at radius 2 is 2.29 bits per heavy atom. The van der Waals surface area contributed by atoms with Crippen LogP contribution in [0, 0.1) is 0 Å². The minimum Gasteiger partial charge on any atom is -0.508 e. The van der Waals surface area contributed by atoms with Gasteiger partial charge in [-0.2, -0.15) is 0 Å². The highest BCUT2D eigenvalue weighted by Crippen LogP contribution is 2.43. The molecule has 0 saturated carbocycles. The number of esters is 1. The van der Waals surface area contributed by atoms with Crippen molar-refractivity contribution >= 4 is 56.5 Å². The van der Waals surface area contributed by atoms with Crippen molar-refractivity contribution < 1.29 is 19.1 Å². The number of phenolic OH excluding ortho intramolecular Hbond substituents is 1. The molecule has 0 spiro atoms. The second kappa shape index (κ2) is 6.52. The van der Waals surface area contributed by atoms with Crippen LogP contribution in [0.25, 0.3) is 16.7 Å². The van der Waals surface area contributed by atoms with Crippen LogP contribution in [0.5, 0.6) is 5.75 Å². The number of rotatable bonds is 3. The summed E-state index contributed by atoms with van der Waals surface area (Å²) in [5, 5.41) is 11.2. The van der Waals surface area contributed by atoms with Crippen LogP contribution in [-0.2, 0) is 9.53 Å². The van der Waals surface area contributed by atoms with Crippen LogP contribution in [0.1, 0.15) is 12.7 Å². The molecule has 0 atom stereocenters. The van der Waals surface area contributed by atoms with Gasteiger partial charge in [0.25, 0.3) is 0 Å². The lowest BCUT2D eigenvalue weighted by atomic mass is 10.2. The predicted octanol–water partition coefficient (Wildman–Crippen LogP) is 3.37. The summed E-state index contributed by atoms with van der Waals surface area (Å²) in [6.45, 7) is 3.50. The second-order valence-electron chi connectivity index (χ2n) is 5.15. The quantitative estimate of drug-likeness (QED) is 0.781. The number of furan rings is 1. The number of fused-ring (bicyclic) bond motifs is 2. The number of carbonyl (C=O) groups is 1. The molecule has 2 aliphatic heterocycles. The number of carbonyl (C=O) groups excluding carboxylic acids is 1. The molecule has 2 aliphatic rings. The smallest absolute Gasteiger partial charge is 0.347 e. The van der Waals surface area contributed by atoms with Crippen LogP contribution in [0.4, 0.5) is 0 Å². The largest absolute Gasteiger partial charge is 0.508 e. The second-order valence-corrected chi connectivity index (χ2v) is 6.13. The predicted molar refractivity (Wildman–Crippen MR) is 98.4 cm³/mol. The standard InChI is InChI=1S/C16H14N2O4S.BrH/c1-2-21-15(20)14-13(18-6-5-17-16(18)23-14)12-8-9-7-10(19)3-4-11(9)22-12;/h3-4,7-8,19H,2,5-6H2,1H3;1H. The van der Waals surface area contributed by atoms with E-state index in [-0.39, 0.29) is 28.7 Å². The number of hydrogen-bond acceptors (Lipinski definition) is 7. The number of benzene rings is 1. The maximum absolute atomic E-state index is 12.3. The van der Waals surface area contributed by atoms with E-state index in [2.05, 4.69) is 4.99 Å². The monoisotopic (exact) mass is 410 g/mol. The number of aromatic hydroxyl groups is 1. The van der Waals surface area contributed by atoms with E-state index in [0.29, 0.717) is 41.6 Å². The van der Waals surface area contributed by atoms with Gasteiger partial charge in [0.2, 0.25) is 0 Å². The summed E-state index contributed by atoms with van der Waals surface area (Å²) < 4.78 is 11.0. The van der Waals surface area contributed by atoms with Gasteiger partial charge in [-0.15, -0.1) is 17.0 Å². The molecule has 4 rings (SSSR count). The molecule has 6 nitrogen and oxygen atoms in total. The number of nitrogens with zero attached hydrogens (tertiary/aromatic N) is 2. The van der Waals surface area contributed by atoms with E-state index in [9.17, 15) is 9.90 Å². The Labute approximate surface area is 152 Å². The van der Waals surface area contributed by atoms with Crippen LogP contribution < -0.4 is 0 Å². The Bertz CT molecular complexity index is 874. The fourth-order valence-corrected chi connectivity index (χ4v) is 3.79. The van der Waals surface area contributed by atoms with Gasteiger partial charge in [-0.3, -0.25) is 4.99 Å². The minimum absolute atomic E-state index is 0. The number of phenols is 1. The van der Waals surface area contributed by atoms with E-state index >= 15 is 0 Å². The Balaban J connectivity index is 0.00000169. The van der Waals surface area contributed by atoms with Gasteiger partial charge in [0.05, 0.1) is 13.2 Å². The normalized spacial score (nSPS) is 16.2. The lowest BCUT2D eigenvalue weighted by Gasteiger charge is -2.14. The third-order valence-electron chi connectivity index (χ3n) is 3.67. The summed E-state index contributed by atoms with van der Waals surface area (Å²) in [5.41, 5.74) is 1.35. The fraction of sp³-hybridized carbons (Fsp3) is 0.250. The molecule has 2 aromatic rings. The first kappa shape index (κ1) is 16.9. The maximum atomic E-state index is 12.3. The summed E-state index contributed by atoms with van der Waals surface area (Å²) in [6.07, 6.45) is 0. The summed E-state index contributed by atoms with van der Waals surface area (Å²) in [7, 11) is 0. The van der Waals surface area contributed by atoms with Gasteiger partial charge in [-0.05, 0) is 43.0 Å². The first-order valence-electron chi connectivity index (χ1n) is 7.31. The van der Waals surface area contributed by atoms with Crippen LogP contribution >= 0.6 is 28.7 Å². The van der Waals surface area contributed by atoms with Crippen molar-refractivity contribution in [2.75, 3.05) is 19.7 Å². The summed E-state index contributed by atoms with van der Waals surface area (Å²) in [6, 6.07) is 6.74. The molecule has 0 saturated heterocycles. The number of thioether (sulfide) groups is 1. The molecule has 0 unspecified atom stereocenters. The van der Waals surface area contributed by atoms with Gasteiger partial charge in [-0.1, -0.05) is 0 Å². The van der Waals surface area contributed by atoms with Crippen molar-refractivity contribution in [3.05, 3.63) is 34.9 Å². The average Bonchev–Trinajstić information content (AvgIpc) is 3.19. The first-order valence-corrected chi connectivity index (χ1v) is 8.13. The van der Waals surface area contributed by atoms with E-state index in [4.69, 9.17) is 9.15 Å². The molecule has 8 heteroatoms. The molecule has 24 heavy (non-hydrogen) atoms. The van der Waals surface area contributed by atoms with Gasteiger partial charge in [0.15, 0.2) is 10.9 Å². The molecule has 3 heterocycles. The number of amidine groups is 1. The highest BCUT2D eigenvalue weighted by molar-refractivity contribution is 8.93. The van der Waals surface area contributed by atoms with E-state index in [1.807, 2.05) is 11.0 Å². The van der Waals surface area contributed by atoms with E-state index in [0.717, 1.165) is 10.6 Å². The Morgan fingerprint density at radius 1 is 1.46 bits per heavy atom. The van der Waals surface area contributed by atoms with Gasteiger partial charge in [0.1, 0.15) is 21.9 Å². The molecule has 0 bridgehead atoms. The number of hydrogen-bond donors (Lipinski definition) is 1. The van der Waals surface area contributed by atoms with Gasteiger partial charge >= 0.3 is 5.97 Å². The number of halogens is 1. The van der Waals surface area contributed by atoms with Crippen molar-refractivity contribution in [3.63, 3.8) is 0 Å². The highest BCUT2D eigenvalue weighted by Gasteiger charge is 2.38. The summed E-state index contributed by atoms with van der Waals surface area (Å²) in [4.78, 5) is 19.1. The van der Waals surface area contributed by atoms with Gasteiger partial charge < -0.3 is 19.2 Å². The Hall–Kier alpha value is -1.93. The maximum Gasteiger partial charge on any atom is 0.347 e. The molecule has 1 aromatic heterocycles. The molecule has 126 valence electrons. The van der Waals surface area contributed by atoms with E-state index < -0.39 is 0 Å². The number of ether oxygens (including phenoxy) is 1. The molecular weight excluding hydrogens is 396 g/mol. The van der Waals surface area contributed by atoms with Crippen LogP contribution in [0.15, 0.2) is 38.6 Å². The average molecular weight is 411 g/mol. The third-order valence-corrected chi connectivity index (χ3v) is 4.77. The topological polar surface area (TPSA) is 75.3 Å². The van der Waals surface area contributed by atoms with E-state index in [1.54, 1.807) is 25.1 Å². The lowest BCUT2D eigenvalue weighted by Crippen LogP contribution is -2.20. The molecule has 1 aromatic carbocycles. The summed E-state index contributed by atoms with van der Waals surface area (Å²) >= 11 is 1.32.